The number of hydrogen-bond donors (Lipinski definition) is 0. The number of nitrogens with zero attached hydrogens (tertiary/aromatic N) is 1. The summed E-state index contributed by atoms with van der Waals surface area (Å²) < 4.78 is 0. The Morgan fingerprint density at radius 3 is 2.77 bits per heavy atom. The summed E-state index contributed by atoms with van der Waals surface area (Å²) >= 11 is 0. The van der Waals surface area contributed by atoms with E-state index in [-0.39, 0.29) is 0 Å². The highest BCUT2D eigenvalue weighted by molar-refractivity contribution is 4.99. The average molecular weight is 181 g/mol. The van der Waals surface area contributed by atoms with E-state index >= 15 is 0 Å². The maximum absolute atomic E-state index is 2.72. The van der Waals surface area contributed by atoms with Crippen LogP contribution < -0.4 is 0 Å². The highest BCUT2D eigenvalue weighted by atomic mass is 15.2. The second kappa shape index (κ2) is 3.61. The molecule has 1 aliphatic heterocycles. The zero-order valence-electron chi connectivity index (χ0n) is 9.18. The molecule has 0 N–H and O–H groups in total. The summed E-state index contributed by atoms with van der Waals surface area (Å²) in [6.07, 6.45) is 8.83. The van der Waals surface area contributed by atoms with Crippen molar-refractivity contribution in [3.05, 3.63) is 0 Å². The van der Waals surface area contributed by atoms with Crippen LogP contribution in [0.5, 0.6) is 0 Å². The van der Waals surface area contributed by atoms with Gasteiger partial charge in [-0.2, -0.15) is 0 Å². The zero-order valence-corrected chi connectivity index (χ0v) is 9.18. The van der Waals surface area contributed by atoms with Crippen molar-refractivity contribution in [3.63, 3.8) is 0 Å². The van der Waals surface area contributed by atoms with E-state index in [9.17, 15) is 0 Å². The van der Waals surface area contributed by atoms with Crippen LogP contribution in [0.1, 0.15) is 52.4 Å². The number of hydrogen-bond acceptors (Lipinski definition) is 1. The molecule has 2 aliphatic rings. The van der Waals surface area contributed by atoms with Gasteiger partial charge in [-0.1, -0.05) is 26.7 Å². The fraction of sp³-hybridized carbons (Fsp3) is 1.00. The summed E-state index contributed by atoms with van der Waals surface area (Å²) in [6, 6.07) is 0.941. The van der Waals surface area contributed by atoms with E-state index in [4.69, 9.17) is 0 Å². The molecule has 0 amide bonds. The first-order valence-electron chi connectivity index (χ1n) is 6.06. The topological polar surface area (TPSA) is 3.24 Å². The maximum Gasteiger partial charge on any atom is 0.0152 e. The minimum absolute atomic E-state index is 0.730. The van der Waals surface area contributed by atoms with Gasteiger partial charge in [-0.05, 0) is 44.2 Å². The van der Waals surface area contributed by atoms with Gasteiger partial charge in [0.2, 0.25) is 0 Å². The molecule has 2 unspecified atom stereocenters. The molecule has 0 aromatic rings. The standard InChI is InChI=1S/C12H23N/c1-3-12-8-6-5-7-11(12)13(4-2)10-9-12/h11H,3-10H2,1-2H3. The van der Waals surface area contributed by atoms with Gasteiger partial charge in [-0.25, -0.2) is 0 Å². The van der Waals surface area contributed by atoms with E-state index in [1.165, 1.54) is 51.6 Å². The van der Waals surface area contributed by atoms with Gasteiger partial charge in [0.15, 0.2) is 0 Å². The molecule has 13 heavy (non-hydrogen) atoms. The van der Waals surface area contributed by atoms with Crippen LogP contribution in [0.15, 0.2) is 0 Å². The van der Waals surface area contributed by atoms with Gasteiger partial charge in [0.05, 0.1) is 0 Å². The highest BCUT2D eigenvalue weighted by Gasteiger charge is 2.46. The summed E-state index contributed by atoms with van der Waals surface area (Å²) in [5.41, 5.74) is 0.730. The number of rotatable bonds is 2. The van der Waals surface area contributed by atoms with Crippen molar-refractivity contribution in [1.82, 2.24) is 4.90 Å². The molecule has 2 rings (SSSR count). The molecule has 0 aromatic carbocycles. The third-order valence-corrected chi connectivity index (χ3v) is 4.56. The molecule has 1 nitrogen and oxygen atoms in total. The van der Waals surface area contributed by atoms with Gasteiger partial charge in [-0.3, -0.25) is 0 Å². The first-order chi connectivity index (χ1) is 6.32. The summed E-state index contributed by atoms with van der Waals surface area (Å²) in [6.45, 7) is 7.36. The molecule has 2 fully saturated rings. The SMILES string of the molecule is CCN1CCC2(CC)CCCCC12. The molecule has 2 atom stereocenters. The van der Waals surface area contributed by atoms with Crippen molar-refractivity contribution in [3.8, 4) is 0 Å². The molecule has 0 radical (unpaired) electrons. The normalized spacial score (nSPS) is 40.6. The van der Waals surface area contributed by atoms with E-state index in [1.807, 2.05) is 0 Å². The lowest BCUT2D eigenvalue weighted by molar-refractivity contribution is 0.0997. The smallest absolute Gasteiger partial charge is 0.0152 e. The summed E-state index contributed by atoms with van der Waals surface area (Å²) in [4.78, 5) is 2.72. The van der Waals surface area contributed by atoms with Crippen LogP contribution in [0.4, 0.5) is 0 Å². The van der Waals surface area contributed by atoms with Crippen molar-refractivity contribution < 1.29 is 0 Å². The Balaban J connectivity index is 2.14. The van der Waals surface area contributed by atoms with E-state index in [1.54, 1.807) is 0 Å². The molecule has 0 spiro atoms. The van der Waals surface area contributed by atoms with Crippen molar-refractivity contribution in [2.45, 2.75) is 58.4 Å². The fourth-order valence-corrected chi connectivity index (χ4v) is 3.64. The molecule has 0 bridgehead atoms. The van der Waals surface area contributed by atoms with Gasteiger partial charge in [0.25, 0.3) is 0 Å². The highest BCUT2D eigenvalue weighted by Crippen LogP contribution is 2.48. The molecule has 76 valence electrons. The van der Waals surface area contributed by atoms with Gasteiger partial charge in [0.1, 0.15) is 0 Å². The second-order valence-electron chi connectivity index (χ2n) is 4.86. The van der Waals surface area contributed by atoms with Crippen LogP contribution in [-0.2, 0) is 0 Å². The van der Waals surface area contributed by atoms with E-state index in [2.05, 4.69) is 18.7 Å². The molecule has 1 heteroatoms. The van der Waals surface area contributed by atoms with Gasteiger partial charge < -0.3 is 4.90 Å². The minimum Gasteiger partial charge on any atom is -0.300 e. The predicted molar refractivity (Wildman–Crippen MR) is 56.8 cm³/mol. The monoisotopic (exact) mass is 181 g/mol. The molecule has 1 saturated heterocycles. The van der Waals surface area contributed by atoms with Crippen LogP contribution in [0, 0.1) is 5.41 Å². The number of likely N-dealkylation sites (tertiary alicyclic amines) is 1. The van der Waals surface area contributed by atoms with E-state index in [0.29, 0.717) is 0 Å². The van der Waals surface area contributed by atoms with Gasteiger partial charge in [0, 0.05) is 6.04 Å². The van der Waals surface area contributed by atoms with E-state index in [0.717, 1.165) is 11.5 Å². The Labute approximate surface area is 82.5 Å². The Kier molecular flexibility index (Phi) is 2.64. The van der Waals surface area contributed by atoms with E-state index < -0.39 is 0 Å². The maximum atomic E-state index is 2.72. The molecule has 1 saturated carbocycles. The summed E-state index contributed by atoms with van der Waals surface area (Å²) in [5.74, 6) is 0. The van der Waals surface area contributed by atoms with Crippen LogP contribution in [0.3, 0.4) is 0 Å². The summed E-state index contributed by atoms with van der Waals surface area (Å²) in [5, 5.41) is 0. The lowest BCUT2D eigenvalue weighted by Gasteiger charge is -2.41. The Bertz CT molecular complexity index is 178. The first kappa shape index (κ1) is 9.51. The lowest BCUT2D eigenvalue weighted by Crippen LogP contribution is -2.41. The van der Waals surface area contributed by atoms with Crippen LogP contribution >= 0.6 is 0 Å². The van der Waals surface area contributed by atoms with Crippen molar-refractivity contribution in [1.29, 1.82) is 0 Å². The van der Waals surface area contributed by atoms with Crippen molar-refractivity contribution >= 4 is 0 Å². The van der Waals surface area contributed by atoms with Gasteiger partial charge in [-0.15, -0.1) is 0 Å². The van der Waals surface area contributed by atoms with Gasteiger partial charge >= 0.3 is 0 Å². The second-order valence-corrected chi connectivity index (χ2v) is 4.86. The van der Waals surface area contributed by atoms with Crippen molar-refractivity contribution in [2.24, 2.45) is 5.41 Å². The lowest BCUT2D eigenvalue weighted by atomic mass is 9.69. The van der Waals surface area contributed by atoms with Crippen LogP contribution in [0.25, 0.3) is 0 Å². The largest absolute Gasteiger partial charge is 0.300 e. The molecular weight excluding hydrogens is 158 g/mol. The van der Waals surface area contributed by atoms with Crippen molar-refractivity contribution in [2.75, 3.05) is 13.1 Å². The average Bonchev–Trinajstić information content (AvgIpc) is 2.57. The summed E-state index contributed by atoms with van der Waals surface area (Å²) in [7, 11) is 0. The fourth-order valence-electron chi connectivity index (χ4n) is 3.64. The van der Waals surface area contributed by atoms with Crippen LogP contribution in [0.2, 0.25) is 0 Å². The third kappa shape index (κ3) is 1.41. The molecule has 0 aromatic heterocycles. The zero-order chi connectivity index (χ0) is 9.31. The molecule has 1 heterocycles. The third-order valence-electron chi connectivity index (χ3n) is 4.56. The minimum atomic E-state index is 0.730. The predicted octanol–water partition coefficient (Wildman–Crippen LogP) is 3.05. The number of fused-ring (bicyclic) bond motifs is 1. The first-order valence-corrected chi connectivity index (χ1v) is 6.06. The Morgan fingerprint density at radius 1 is 1.23 bits per heavy atom. The molecule has 1 aliphatic carbocycles. The van der Waals surface area contributed by atoms with Crippen LogP contribution in [-0.4, -0.2) is 24.0 Å². The Hall–Kier alpha value is -0.0400. The molecular formula is C12H23N. The quantitative estimate of drug-likeness (QED) is 0.633. The Morgan fingerprint density at radius 2 is 2.08 bits per heavy atom.